The first-order chi connectivity index (χ1) is 7.51. The van der Waals surface area contributed by atoms with E-state index in [1.54, 1.807) is 0 Å². The third kappa shape index (κ3) is 1.85. The molecule has 1 saturated carbocycles. The molecule has 0 aromatic heterocycles. The van der Waals surface area contributed by atoms with Gasteiger partial charge in [-0.2, -0.15) is 0 Å². The van der Waals surface area contributed by atoms with Crippen LogP contribution in [0.25, 0.3) is 0 Å². The van der Waals surface area contributed by atoms with Crippen LogP contribution < -0.4 is 0 Å². The van der Waals surface area contributed by atoms with E-state index in [0.717, 1.165) is 32.5 Å². The molecule has 2 fully saturated rings. The fourth-order valence-electron chi connectivity index (χ4n) is 3.25. The van der Waals surface area contributed by atoms with E-state index in [2.05, 4.69) is 33.1 Å². The lowest BCUT2D eigenvalue weighted by Gasteiger charge is -2.47. The van der Waals surface area contributed by atoms with Gasteiger partial charge < -0.3 is 9.47 Å². The van der Waals surface area contributed by atoms with E-state index in [0.29, 0.717) is 5.92 Å². The second-order valence-corrected chi connectivity index (χ2v) is 5.43. The summed E-state index contributed by atoms with van der Waals surface area (Å²) in [7, 11) is 0. The molecule has 2 nitrogen and oxygen atoms in total. The maximum absolute atomic E-state index is 5.81. The molecular weight excluding hydrogens is 200 g/mol. The van der Waals surface area contributed by atoms with Crippen molar-refractivity contribution in [1.82, 2.24) is 0 Å². The van der Waals surface area contributed by atoms with Crippen LogP contribution in [0.1, 0.15) is 33.1 Å². The second kappa shape index (κ2) is 4.01. The van der Waals surface area contributed by atoms with Gasteiger partial charge in [0.1, 0.15) is 0 Å². The minimum absolute atomic E-state index is 0.0500. The van der Waals surface area contributed by atoms with Crippen LogP contribution in [-0.2, 0) is 9.47 Å². The van der Waals surface area contributed by atoms with Crippen molar-refractivity contribution in [3.63, 3.8) is 0 Å². The summed E-state index contributed by atoms with van der Waals surface area (Å²) in [4.78, 5) is 0. The fourth-order valence-corrected chi connectivity index (χ4v) is 3.25. The Hall–Kier alpha value is -0.600. The molecule has 90 valence electrons. The minimum Gasteiger partial charge on any atom is -0.348 e. The molecule has 1 spiro atoms. The maximum atomic E-state index is 5.81. The first-order valence-electron chi connectivity index (χ1n) is 6.08. The predicted molar refractivity (Wildman–Crippen MR) is 65.1 cm³/mol. The van der Waals surface area contributed by atoms with Crippen LogP contribution in [0.4, 0.5) is 0 Å². The molecule has 1 saturated heterocycles. The molecule has 1 aliphatic heterocycles. The molecule has 1 aliphatic carbocycles. The van der Waals surface area contributed by atoms with Crippen LogP contribution in [0, 0.1) is 11.3 Å². The third-order valence-corrected chi connectivity index (χ3v) is 4.13. The lowest BCUT2D eigenvalue weighted by Crippen LogP contribution is -2.45. The highest BCUT2D eigenvalue weighted by molar-refractivity contribution is 5.13. The monoisotopic (exact) mass is 222 g/mol. The Kier molecular flexibility index (Phi) is 2.97. The van der Waals surface area contributed by atoms with E-state index in [1.165, 1.54) is 5.57 Å². The maximum Gasteiger partial charge on any atom is 0.169 e. The van der Waals surface area contributed by atoms with Crippen molar-refractivity contribution in [3.05, 3.63) is 24.8 Å². The summed E-state index contributed by atoms with van der Waals surface area (Å²) in [5, 5.41) is 0. The average Bonchev–Trinajstić information content (AvgIpc) is 2.65. The minimum atomic E-state index is -0.338. The second-order valence-electron chi connectivity index (χ2n) is 5.43. The zero-order chi connectivity index (χ0) is 11.8. The van der Waals surface area contributed by atoms with Crippen LogP contribution in [0.3, 0.4) is 0 Å². The Morgan fingerprint density at radius 1 is 1.38 bits per heavy atom. The van der Waals surface area contributed by atoms with Crippen LogP contribution in [0.15, 0.2) is 24.8 Å². The SMILES string of the molecule is C=C[C@]1(C)CC2(CC[C@H]1C(=C)C)OCCO2. The normalized spacial score (nSPS) is 37.5. The Morgan fingerprint density at radius 3 is 2.50 bits per heavy atom. The summed E-state index contributed by atoms with van der Waals surface area (Å²) in [6, 6.07) is 0. The number of allylic oxidation sites excluding steroid dienone is 2. The molecule has 2 heteroatoms. The summed E-state index contributed by atoms with van der Waals surface area (Å²) >= 11 is 0. The van der Waals surface area contributed by atoms with Crippen LogP contribution in [0.2, 0.25) is 0 Å². The van der Waals surface area contributed by atoms with Crippen molar-refractivity contribution in [2.24, 2.45) is 11.3 Å². The van der Waals surface area contributed by atoms with Gasteiger partial charge in [-0.05, 0) is 24.7 Å². The van der Waals surface area contributed by atoms with Crippen LogP contribution >= 0.6 is 0 Å². The summed E-state index contributed by atoms with van der Waals surface area (Å²) in [6.45, 7) is 13.9. The van der Waals surface area contributed by atoms with E-state index in [4.69, 9.17) is 9.47 Å². The molecule has 16 heavy (non-hydrogen) atoms. The number of rotatable bonds is 2. The quantitative estimate of drug-likeness (QED) is 0.667. The highest BCUT2D eigenvalue weighted by atomic mass is 16.7. The molecule has 0 unspecified atom stereocenters. The highest BCUT2D eigenvalue weighted by Crippen LogP contribution is 2.51. The van der Waals surface area contributed by atoms with Crippen molar-refractivity contribution in [3.8, 4) is 0 Å². The van der Waals surface area contributed by atoms with Gasteiger partial charge in [0.05, 0.1) is 13.2 Å². The Bertz CT molecular complexity index is 302. The van der Waals surface area contributed by atoms with E-state index in [1.807, 2.05) is 0 Å². The molecule has 0 aromatic carbocycles. The molecule has 1 heterocycles. The van der Waals surface area contributed by atoms with Crippen molar-refractivity contribution in [2.45, 2.75) is 38.9 Å². The van der Waals surface area contributed by atoms with Crippen molar-refractivity contribution in [2.75, 3.05) is 13.2 Å². The molecular formula is C14H22O2. The third-order valence-electron chi connectivity index (χ3n) is 4.13. The van der Waals surface area contributed by atoms with E-state index < -0.39 is 0 Å². The number of ether oxygens (including phenoxy) is 2. The fraction of sp³-hybridized carbons (Fsp3) is 0.714. The largest absolute Gasteiger partial charge is 0.348 e. The summed E-state index contributed by atoms with van der Waals surface area (Å²) in [6.07, 6.45) is 5.02. The van der Waals surface area contributed by atoms with Crippen molar-refractivity contribution >= 4 is 0 Å². The molecule has 2 rings (SSSR count). The van der Waals surface area contributed by atoms with E-state index in [9.17, 15) is 0 Å². The first-order valence-corrected chi connectivity index (χ1v) is 6.08. The number of hydrogen-bond acceptors (Lipinski definition) is 2. The van der Waals surface area contributed by atoms with Gasteiger partial charge in [0.15, 0.2) is 5.79 Å². The van der Waals surface area contributed by atoms with Crippen molar-refractivity contribution < 1.29 is 9.47 Å². The van der Waals surface area contributed by atoms with Gasteiger partial charge in [-0.25, -0.2) is 0 Å². The summed E-state index contributed by atoms with van der Waals surface area (Å²) in [5.41, 5.74) is 1.30. The van der Waals surface area contributed by atoms with Gasteiger partial charge in [-0.3, -0.25) is 0 Å². The lowest BCUT2D eigenvalue weighted by molar-refractivity contribution is -0.201. The van der Waals surface area contributed by atoms with E-state index >= 15 is 0 Å². The topological polar surface area (TPSA) is 18.5 Å². The van der Waals surface area contributed by atoms with Crippen molar-refractivity contribution in [1.29, 1.82) is 0 Å². The van der Waals surface area contributed by atoms with E-state index in [-0.39, 0.29) is 11.2 Å². The summed E-state index contributed by atoms with van der Waals surface area (Å²) in [5.74, 6) is 0.165. The highest BCUT2D eigenvalue weighted by Gasteiger charge is 2.49. The standard InChI is InChI=1S/C14H22O2/c1-5-13(4)10-14(15-8-9-16-14)7-6-12(13)11(2)3/h5,12H,1-2,6-10H2,3-4H3/t12-,13+/m0/s1. The summed E-state index contributed by atoms with van der Waals surface area (Å²) < 4.78 is 11.6. The lowest BCUT2D eigenvalue weighted by atomic mass is 9.63. The predicted octanol–water partition coefficient (Wildman–Crippen LogP) is 3.30. The van der Waals surface area contributed by atoms with Gasteiger partial charge in [-0.1, -0.05) is 25.2 Å². The molecule has 0 N–H and O–H groups in total. The molecule has 0 bridgehead atoms. The zero-order valence-corrected chi connectivity index (χ0v) is 10.4. The smallest absolute Gasteiger partial charge is 0.169 e. The van der Waals surface area contributed by atoms with Gasteiger partial charge in [0, 0.05) is 12.8 Å². The molecule has 0 amide bonds. The average molecular weight is 222 g/mol. The van der Waals surface area contributed by atoms with Gasteiger partial charge in [0.25, 0.3) is 0 Å². The Balaban J connectivity index is 2.21. The van der Waals surface area contributed by atoms with Gasteiger partial charge in [-0.15, -0.1) is 6.58 Å². The first kappa shape index (κ1) is 11.9. The molecule has 0 aromatic rings. The van der Waals surface area contributed by atoms with Crippen LogP contribution in [0.5, 0.6) is 0 Å². The van der Waals surface area contributed by atoms with Crippen LogP contribution in [-0.4, -0.2) is 19.0 Å². The van der Waals surface area contributed by atoms with Gasteiger partial charge >= 0.3 is 0 Å². The molecule has 0 radical (unpaired) electrons. The number of hydrogen-bond donors (Lipinski definition) is 0. The molecule has 2 atom stereocenters. The Labute approximate surface area is 98.3 Å². The Morgan fingerprint density at radius 2 is 2.00 bits per heavy atom. The molecule has 2 aliphatic rings. The van der Waals surface area contributed by atoms with Gasteiger partial charge in [0.2, 0.25) is 0 Å². The zero-order valence-electron chi connectivity index (χ0n) is 10.4.